The molecule has 2 aromatic rings. The molecule has 2 rings (SSSR count). The zero-order chi connectivity index (χ0) is 22.1. The molecule has 0 fully saturated rings. The van der Waals surface area contributed by atoms with Gasteiger partial charge in [0.05, 0.1) is 6.61 Å². The van der Waals surface area contributed by atoms with E-state index >= 15 is 0 Å². The molecule has 3 N–H and O–H groups in total. The van der Waals surface area contributed by atoms with E-state index in [0.717, 1.165) is 6.42 Å². The van der Waals surface area contributed by atoms with E-state index in [-0.39, 0.29) is 42.7 Å². The SMILES string of the molecule is CCCCn1c(N)c(N(CCC)C(=O)CCCOc2ccccc2F)c(=O)[nH]c1=O. The predicted octanol–water partition coefficient (Wildman–Crippen LogP) is 2.66. The number of ether oxygens (including phenoxy) is 1. The molecular weight excluding hydrogens is 391 g/mol. The maximum atomic E-state index is 13.6. The largest absolute Gasteiger partial charge is 0.491 e. The van der Waals surface area contributed by atoms with Gasteiger partial charge in [-0.3, -0.25) is 19.1 Å². The van der Waals surface area contributed by atoms with Gasteiger partial charge in [-0.2, -0.15) is 0 Å². The van der Waals surface area contributed by atoms with Gasteiger partial charge in [-0.25, -0.2) is 9.18 Å². The summed E-state index contributed by atoms with van der Waals surface area (Å²) in [5.41, 5.74) is 4.85. The van der Waals surface area contributed by atoms with Crippen LogP contribution in [0.5, 0.6) is 5.75 Å². The van der Waals surface area contributed by atoms with Gasteiger partial charge in [0.15, 0.2) is 17.3 Å². The third-order valence-electron chi connectivity index (χ3n) is 4.60. The number of halogens is 1. The number of unbranched alkanes of at least 4 members (excludes halogenated alkanes) is 1. The van der Waals surface area contributed by atoms with E-state index in [1.807, 2.05) is 13.8 Å². The van der Waals surface area contributed by atoms with Crippen LogP contribution >= 0.6 is 0 Å². The van der Waals surface area contributed by atoms with Gasteiger partial charge in [0.2, 0.25) is 5.91 Å². The number of nitrogens with one attached hydrogen (secondary N) is 1. The van der Waals surface area contributed by atoms with Crippen molar-refractivity contribution in [3.05, 3.63) is 50.9 Å². The molecule has 0 aliphatic carbocycles. The Bertz CT molecular complexity index is 970. The van der Waals surface area contributed by atoms with Crippen LogP contribution in [0.3, 0.4) is 0 Å². The first-order chi connectivity index (χ1) is 14.4. The van der Waals surface area contributed by atoms with Crippen molar-refractivity contribution in [2.45, 2.75) is 52.5 Å². The second-order valence-corrected chi connectivity index (χ2v) is 6.93. The molecule has 0 aliphatic rings. The normalized spacial score (nSPS) is 10.8. The molecule has 1 aromatic carbocycles. The fourth-order valence-electron chi connectivity index (χ4n) is 3.06. The number of nitrogen functional groups attached to an aromatic ring is 1. The topological polar surface area (TPSA) is 110 Å². The van der Waals surface area contributed by atoms with Crippen LogP contribution in [0.25, 0.3) is 0 Å². The van der Waals surface area contributed by atoms with Gasteiger partial charge in [0.1, 0.15) is 5.82 Å². The number of nitrogens with zero attached hydrogens (tertiary/aromatic N) is 2. The quantitative estimate of drug-likeness (QED) is 0.543. The molecule has 1 aromatic heterocycles. The second kappa shape index (κ2) is 11.2. The van der Waals surface area contributed by atoms with E-state index in [0.29, 0.717) is 25.8 Å². The molecule has 1 amide bonds. The molecular formula is C21H29FN4O4. The molecule has 0 radical (unpaired) electrons. The van der Waals surface area contributed by atoms with Crippen molar-refractivity contribution >= 4 is 17.4 Å². The molecule has 0 atom stereocenters. The first-order valence-corrected chi connectivity index (χ1v) is 10.2. The van der Waals surface area contributed by atoms with Crippen LogP contribution in [-0.2, 0) is 11.3 Å². The van der Waals surface area contributed by atoms with E-state index in [2.05, 4.69) is 4.98 Å². The predicted molar refractivity (Wildman–Crippen MR) is 114 cm³/mol. The third-order valence-corrected chi connectivity index (χ3v) is 4.60. The van der Waals surface area contributed by atoms with Gasteiger partial charge in [-0.15, -0.1) is 0 Å². The number of hydrogen-bond donors (Lipinski definition) is 2. The number of carbonyl (C=O) groups excluding carboxylic acids is 1. The molecule has 0 aliphatic heterocycles. The molecule has 0 saturated heterocycles. The Labute approximate surface area is 174 Å². The highest BCUT2D eigenvalue weighted by molar-refractivity contribution is 5.95. The number of carbonyl (C=O) groups is 1. The lowest BCUT2D eigenvalue weighted by Crippen LogP contribution is -2.41. The highest BCUT2D eigenvalue weighted by atomic mass is 19.1. The standard InChI is InChI=1S/C21H29FN4O4/c1-3-5-13-26-19(23)18(20(28)24-21(26)29)25(12-4-2)17(27)11-8-14-30-16-10-7-6-9-15(16)22/h6-7,9-10H,3-5,8,11-14,23H2,1-2H3,(H,24,28,29). The van der Waals surface area contributed by atoms with Crippen LogP contribution in [0.1, 0.15) is 46.0 Å². The van der Waals surface area contributed by atoms with Crippen molar-refractivity contribution in [3.63, 3.8) is 0 Å². The van der Waals surface area contributed by atoms with Crippen LogP contribution in [0.4, 0.5) is 15.9 Å². The minimum Gasteiger partial charge on any atom is -0.491 e. The molecule has 0 spiro atoms. The van der Waals surface area contributed by atoms with E-state index in [4.69, 9.17) is 10.5 Å². The van der Waals surface area contributed by atoms with Gasteiger partial charge in [-0.1, -0.05) is 32.4 Å². The van der Waals surface area contributed by atoms with Gasteiger partial charge < -0.3 is 15.4 Å². The van der Waals surface area contributed by atoms with E-state index in [1.54, 1.807) is 12.1 Å². The Morgan fingerprint density at radius 1 is 1.20 bits per heavy atom. The second-order valence-electron chi connectivity index (χ2n) is 6.93. The molecule has 1 heterocycles. The molecule has 0 bridgehead atoms. The summed E-state index contributed by atoms with van der Waals surface area (Å²) in [6.45, 7) is 4.64. The van der Waals surface area contributed by atoms with Crippen molar-refractivity contribution in [2.24, 2.45) is 0 Å². The highest BCUT2D eigenvalue weighted by Gasteiger charge is 2.23. The van der Waals surface area contributed by atoms with Gasteiger partial charge >= 0.3 is 5.69 Å². The van der Waals surface area contributed by atoms with Crippen molar-refractivity contribution in [1.29, 1.82) is 0 Å². The van der Waals surface area contributed by atoms with Gasteiger partial charge in [-0.05, 0) is 31.4 Å². The zero-order valence-corrected chi connectivity index (χ0v) is 17.4. The Morgan fingerprint density at radius 3 is 2.60 bits per heavy atom. The lowest BCUT2D eigenvalue weighted by Gasteiger charge is -2.24. The van der Waals surface area contributed by atoms with E-state index in [1.165, 1.54) is 21.6 Å². The van der Waals surface area contributed by atoms with Crippen molar-refractivity contribution < 1.29 is 13.9 Å². The Kier molecular flexibility index (Phi) is 8.64. The smallest absolute Gasteiger partial charge is 0.330 e. The fourth-order valence-corrected chi connectivity index (χ4v) is 3.06. The van der Waals surface area contributed by atoms with Gasteiger partial charge in [0, 0.05) is 19.5 Å². The number of para-hydroxylation sites is 1. The summed E-state index contributed by atoms with van der Waals surface area (Å²) in [6.07, 6.45) is 2.58. The summed E-state index contributed by atoms with van der Waals surface area (Å²) in [5, 5.41) is 0. The average Bonchev–Trinajstić information content (AvgIpc) is 2.71. The zero-order valence-electron chi connectivity index (χ0n) is 17.4. The summed E-state index contributed by atoms with van der Waals surface area (Å²) in [4.78, 5) is 41.0. The lowest BCUT2D eigenvalue weighted by molar-refractivity contribution is -0.118. The van der Waals surface area contributed by atoms with Crippen molar-refractivity contribution in [1.82, 2.24) is 9.55 Å². The molecule has 0 saturated carbocycles. The first-order valence-electron chi connectivity index (χ1n) is 10.2. The number of aromatic amines is 1. The summed E-state index contributed by atoms with van der Waals surface area (Å²) >= 11 is 0. The fraction of sp³-hybridized carbons (Fsp3) is 0.476. The summed E-state index contributed by atoms with van der Waals surface area (Å²) in [5.74, 6) is -0.669. The molecule has 164 valence electrons. The summed E-state index contributed by atoms with van der Waals surface area (Å²) in [6, 6.07) is 6.04. The number of hydrogen-bond acceptors (Lipinski definition) is 5. The minimum atomic E-state index is -0.686. The molecule has 9 heteroatoms. The Hall–Kier alpha value is -3.10. The number of anilines is 2. The van der Waals surface area contributed by atoms with Crippen LogP contribution in [0, 0.1) is 5.82 Å². The highest BCUT2D eigenvalue weighted by Crippen LogP contribution is 2.20. The lowest BCUT2D eigenvalue weighted by atomic mass is 10.2. The monoisotopic (exact) mass is 420 g/mol. The van der Waals surface area contributed by atoms with Crippen LogP contribution in [-0.4, -0.2) is 28.6 Å². The van der Waals surface area contributed by atoms with Crippen LogP contribution in [0.2, 0.25) is 0 Å². The van der Waals surface area contributed by atoms with E-state index in [9.17, 15) is 18.8 Å². The summed E-state index contributed by atoms with van der Waals surface area (Å²) in [7, 11) is 0. The van der Waals surface area contributed by atoms with Crippen molar-refractivity contribution in [3.8, 4) is 5.75 Å². The molecule has 0 unspecified atom stereocenters. The maximum Gasteiger partial charge on any atom is 0.330 e. The number of amides is 1. The Morgan fingerprint density at radius 2 is 1.93 bits per heavy atom. The number of H-pyrrole nitrogens is 1. The van der Waals surface area contributed by atoms with Crippen LogP contribution in [0.15, 0.2) is 33.9 Å². The maximum absolute atomic E-state index is 13.6. The van der Waals surface area contributed by atoms with E-state index < -0.39 is 17.1 Å². The number of nitrogens with two attached hydrogens (primary N) is 1. The number of aromatic nitrogens is 2. The van der Waals surface area contributed by atoms with Crippen LogP contribution < -0.4 is 26.6 Å². The summed E-state index contributed by atoms with van der Waals surface area (Å²) < 4.78 is 20.3. The average molecular weight is 420 g/mol. The number of rotatable bonds is 11. The molecule has 30 heavy (non-hydrogen) atoms. The van der Waals surface area contributed by atoms with Crippen molar-refractivity contribution in [2.75, 3.05) is 23.8 Å². The molecule has 8 nitrogen and oxygen atoms in total. The number of benzene rings is 1. The first kappa shape index (κ1) is 23.2. The van der Waals surface area contributed by atoms with Gasteiger partial charge in [0.25, 0.3) is 5.56 Å². The third kappa shape index (κ3) is 5.71. The Balaban J connectivity index is 2.14. The minimum absolute atomic E-state index is 0.00687.